The molecule has 3 fully saturated rings. The van der Waals surface area contributed by atoms with Crippen molar-refractivity contribution in [1.82, 2.24) is 5.32 Å². The molecule has 13 atom stereocenters. The maximum absolute atomic E-state index is 15.0. The number of halogens is 2. The van der Waals surface area contributed by atoms with Gasteiger partial charge in [0.25, 0.3) is 0 Å². The van der Waals surface area contributed by atoms with E-state index >= 15 is 0 Å². The molecule has 2 aromatic carbocycles. The van der Waals surface area contributed by atoms with Crippen LogP contribution in [0, 0.1) is 16.7 Å². The van der Waals surface area contributed by atoms with Crippen LogP contribution in [-0.4, -0.2) is 114 Å². The van der Waals surface area contributed by atoms with Crippen molar-refractivity contribution in [2.45, 2.75) is 124 Å². The van der Waals surface area contributed by atoms with E-state index in [0.717, 1.165) is 6.92 Å². The van der Waals surface area contributed by atoms with Crippen LogP contribution in [0.4, 0.5) is 0 Å². The average Bonchev–Trinajstić information content (AvgIpc) is 3.18. The summed E-state index contributed by atoms with van der Waals surface area (Å²) < 4.78 is 23.0. The van der Waals surface area contributed by atoms with E-state index in [2.05, 4.69) is 37.2 Å². The molecule has 3 aliphatic carbocycles. The minimum Gasteiger partial charge on any atom is -0.456 e. The fraction of sp³-hybridized carbons (Fsp3) is 0.558. The number of ketones is 1. The van der Waals surface area contributed by atoms with Crippen LogP contribution in [0.2, 0.25) is 0 Å². The molecule has 5 N–H and O–H groups in total. The summed E-state index contributed by atoms with van der Waals surface area (Å²) in [5.74, 6) is -5.88. The Bertz CT molecular complexity index is 2020. The third-order valence-corrected chi connectivity index (χ3v) is 15.9. The molecule has 6 rings (SSSR count). The fourth-order valence-corrected chi connectivity index (χ4v) is 9.91. The molecule has 1 saturated heterocycles. The van der Waals surface area contributed by atoms with E-state index in [9.17, 15) is 44.4 Å². The number of carbonyl (C=O) groups excluding carboxylic acids is 5. The first-order valence-corrected chi connectivity index (χ1v) is 21.2. The molecule has 1 aliphatic heterocycles. The molecule has 16 heteroatoms. The number of nitrogens with one attached hydrogen (secondary N) is 1. The van der Waals surface area contributed by atoms with Crippen molar-refractivity contribution in [3.8, 4) is 0 Å². The molecule has 2 saturated carbocycles. The zero-order valence-electron chi connectivity index (χ0n) is 33.8. The Morgan fingerprint density at radius 3 is 2.14 bits per heavy atom. The number of hydrogen-bond acceptors (Lipinski definition) is 13. The molecule has 2 unspecified atom stereocenters. The Morgan fingerprint density at radius 2 is 1.59 bits per heavy atom. The number of Topliss-reactive ketones (excluding diaryl/α,β-unsaturated/α-hetero) is 1. The third-order valence-electron chi connectivity index (χ3n) is 13.4. The summed E-state index contributed by atoms with van der Waals surface area (Å²) in [5.41, 5.74) is -7.15. The van der Waals surface area contributed by atoms with Crippen LogP contribution in [-0.2, 0) is 38.1 Å². The highest BCUT2D eigenvalue weighted by Crippen LogP contribution is 2.64. The quantitative estimate of drug-likeness (QED) is 0.0994. The van der Waals surface area contributed by atoms with Crippen LogP contribution in [0.15, 0.2) is 71.8 Å². The summed E-state index contributed by atoms with van der Waals surface area (Å²) >= 11 is 6.84. The molecule has 0 aromatic heterocycles. The van der Waals surface area contributed by atoms with Gasteiger partial charge in [-0.1, -0.05) is 101 Å². The Hall–Kier alpha value is -3.51. The topological polar surface area (TPSA) is 215 Å². The van der Waals surface area contributed by atoms with Crippen molar-refractivity contribution in [3.05, 3.63) is 82.9 Å². The Morgan fingerprint density at radius 1 is 1.00 bits per heavy atom. The molecule has 1 heterocycles. The van der Waals surface area contributed by atoms with Crippen LogP contribution >= 0.6 is 31.9 Å². The second-order valence-electron chi connectivity index (χ2n) is 17.1. The number of ether oxygens (including phenoxy) is 4. The van der Waals surface area contributed by atoms with Gasteiger partial charge in [0, 0.05) is 30.0 Å². The zero-order chi connectivity index (χ0) is 43.6. The van der Waals surface area contributed by atoms with Crippen LogP contribution in [0.3, 0.4) is 0 Å². The lowest BCUT2D eigenvalue weighted by atomic mass is 9.44. The molecule has 320 valence electrons. The number of amides is 1. The number of benzene rings is 2. The Labute approximate surface area is 359 Å². The van der Waals surface area contributed by atoms with E-state index in [-0.39, 0.29) is 34.6 Å². The summed E-state index contributed by atoms with van der Waals surface area (Å²) in [6.45, 7) is 10.2. The van der Waals surface area contributed by atoms with Gasteiger partial charge in [-0.15, -0.1) is 0 Å². The molecule has 4 aliphatic rings. The van der Waals surface area contributed by atoms with Crippen LogP contribution in [0.5, 0.6) is 0 Å². The van der Waals surface area contributed by atoms with Gasteiger partial charge in [-0.05, 0) is 49.6 Å². The van der Waals surface area contributed by atoms with Gasteiger partial charge in [0.15, 0.2) is 17.5 Å². The average molecular weight is 950 g/mol. The molecular formula is C43H51Br2NO13. The highest BCUT2D eigenvalue weighted by Gasteiger charge is 2.78. The van der Waals surface area contributed by atoms with Crippen LogP contribution < -0.4 is 5.32 Å². The lowest BCUT2D eigenvalue weighted by Crippen LogP contribution is -2.81. The maximum Gasteiger partial charge on any atom is 0.338 e. The minimum atomic E-state index is -2.35. The summed E-state index contributed by atoms with van der Waals surface area (Å²) in [4.78, 5) is 69.3. The standard InChI is InChI=1S/C43H51Br2NO13/c1-21-26(57-37(53)32(50)30(24-14-10-8-11-15-24)46-38(54)41(7,45)22(2)44)19-43(55)35(58-36(52)25-16-12-9-13-17-25)33-40(6,34(51)31(49)29(21)39(43,4)5)27(48)18-28-42(33,20-56-28)59-23(3)47/h8-17,22,26-28,30-33,35,48-50,55H,18-20H2,1-7H3,(H,46,54)/t22-,26+,27-,28?,30+,31-,32-,33?,35+,40-,41-,42+,43-/m1/s1. The van der Waals surface area contributed by atoms with E-state index in [4.69, 9.17) is 18.9 Å². The van der Waals surface area contributed by atoms with Crippen LogP contribution in [0.25, 0.3) is 0 Å². The molecule has 0 spiro atoms. The first-order valence-electron chi connectivity index (χ1n) is 19.4. The van der Waals surface area contributed by atoms with Gasteiger partial charge in [-0.3, -0.25) is 14.4 Å². The van der Waals surface area contributed by atoms with E-state index in [0.29, 0.717) is 5.56 Å². The number of carbonyl (C=O) groups is 5. The number of esters is 3. The Balaban J connectivity index is 1.49. The predicted octanol–water partition coefficient (Wildman–Crippen LogP) is 3.79. The molecule has 1 amide bonds. The zero-order valence-corrected chi connectivity index (χ0v) is 37.0. The Kier molecular flexibility index (Phi) is 12.3. The predicted molar refractivity (Wildman–Crippen MR) is 218 cm³/mol. The molecule has 2 bridgehead atoms. The van der Waals surface area contributed by atoms with E-state index in [1.165, 1.54) is 26.0 Å². The summed E-state index contributed by atoms with van der Waals surface area (Å²) in [7, 11) is 0. The largest absolute Gasteiger partial charge is 0.456 e. The van der Waals surface area contributed by atoms with Crippen molar-refractivity contribution in [1.29, 1.82) is 0 Å². The van der Waals surface area contributed by atoms with Gasteiger partial charge in [-0.2, -0.15) is 0 Å². The number of fused-ring (bicyclic) bond motifs is 5. The second kappa shape index (κ2) is 16.1. The maximum atomic E-state index is 15.0. The van der Waals surface area contributed by atoms with Crippen molar-refractivity contribution in [3.63, 3.8) is 0 Å². The van der Waals surface area contributed by atoms with Gasteiger partial charge in [0.2, 0.25) is 5.91 Å². The second-order valence-corrected chi connectivity index (χ2v) is 20.1. The number of aliphatic hydroxyl groups excluding tert-OH is 3. The highest BCUT2D eigenvalue weighted by molar-refractivity contribution is 9.12. The summed E-state index contributed by atoms with van der Waals surface area (Å²) in [5, 5.41) is 52.0. The molecule has 59 heavy (non-hydrogen) atoms. The lowest BCUT2D eigenvalue weighted by molar-refractivity contribution is -0.346. The molecule has 2 aromatic rings. The minimum absolute atomic E-state index is 0.0565. The van der Waals surface area contributed by atoms with E-state index < -0.39 is 111 Å². The van der Waals surface area contributed by atoms with E-state index in [1.807, 2.05) is 0 Å². The first kappa shape index (κ1) is 45.0. The van der Waals surface area contributed by atoms with Crippen molar-refractivity contribution in [2.24, 2.45) is 16.7 Å². The lowest BCUT2D eigenvalue weighted by Gasteiger charge is -2.67. The highest BCUT2D eigenvalue weighted by atomic mass is 79.9. The van der Waals surface area contributed by atoms with Gasteiger partial charge in [0.1, 0.15) is 34.3 Å². The normalized spacial score (nSPS) is 34.8. The summed E-state index contributed by atoms with van der Waals surface area (Å²) in [6, 6.07) is 14.8. The monoisotopic (exact) mass is 947 g/mol. The summed E-state index contributed by atoms with van der Waals surface area (Å²) in [6.07, 6.45) is -10.5. The third kappa shape index (κ3) is 7.29. The number of hydrogen-bond donors (Lipinski definition) is 5. The SMILES string of the molecule is CC(=O)O[C@@]12COC1C[C@@H](O)[C@@]1(C)C(=O)[C@H](O)C3=C(C)[C@@H](OC(=O)[C@H](O)[C@@H](NC(=O)[C@](C)(Br)[C@@H](C)Br)c4ccccc4)C[C@@](O)([C@@H](OC(=O)c4ccccc4)C21)C3(C)C. The molecular weight excluding hydrogens is 898 g/mol. The van der Waals surface area contributed by atoms with Gasteiger partial charge in [-0.25, -0.2) is 9.59 Å². The van der Waals surface area contributed by atoms with Gasteiger partial charge < -0.3 is 44.7 Å². The smallest absolute Gasteiger partial charge is 0.338 e. The van der Waals surface area contributed by atoms with Gasteiger partial charge in [0.05, 0.1) is 35.6 Å². The van der Waals surface area contributed by atoms with Crippen molar-refractivity contribution in [2.75, 3.05) is 6.61 Å². The number of rotatable bonds is 10. The molecule has 0 radical (unpaired) electrons. The van der Waals surface area contributed by atoms with Crippen LogP contribution in [0.1, 0.15) is 83.3 Å². The first-order chi connectivity index (χ1) is 27.5. The number of alkyl halides is 2. The van der Waals surface area contributed by atoms with Gasteiger partial charge >= 0.3 is 17.9 Å². The molecule has 14 nitrogen and oxygen atoms in total. The van der Waals surface area contributed by atoms with Crippen molar-refractivity contribution < 1.29 is 63.3 Å². The van der Waals surface area contributed by atoms with Crippen molar-refractivity contribution >= 4 is 61.5 Å². The number of aliphatic hydroxyl groups is 4. The fourth-order valence-electron chi connectivity index (χ4n) is 9.59. The van der Waals surface area contributed by atoms with E-state index in [1.54, 1.807) is 76.2 Å².